The lowest BCUT2D eigenvalue weighted by Crippen LogP contribution is -2.45. The number of nitrogens with one attached hydrogen (secondary N) is 3. The molecular weight excluding hydrogens is 250 g/mol. The molecule has 4 N–H and O–H groups in total. The van der Waals surface area contributed by atoms with Gasteiger partial charge in [0.2, 0.25) is 0 Å². The Bertz CT molecular complexity index is 302. The third-order valence-corrected chi connectivity index (χ3v) is 1.61. The molecule has 1 atom stereocenters. The predicted molar refractivity (Wildman–Crippen MR) is 61.2 cm³/mol. The van der Waals surface area contributed by atoms with Crippen LogP contribution in [0.2, 0.25) is 0 Å². The minimum Gasteiger partial charge on any atom is -0.444 e. The van der Waals surface area contributed by atoms with E-state index in [1.807, 2.05) is 0 Å². The Balaban J connectivity index is 3.70. The highest BCUT2D eigenvalue weighted by molar-refractivity contribution is 7.79. The number of hydrazine groups is 1. The zero-order valence-electron chi connectivity index (χ0n) is 9.90. The molecule has 2 amide bonds. The Hall–Kier alpha value is -1.19. The number of ether oxygens (including phenoxy) is 1. The highest BCUT2D eigenvalue weighted by Gasteiger charge is 2.16. The van der Waals surface area contributed by atoms with Gasteiger partial charge >= 0.3 is 6.09 Å². The van der Waals surface area contributed by atoms with Crippen molar-refractivity contribution in [2.45, 2.75) is 26.4 Å². The maximum Gasteiger partial charge on any atom is 0.408 e. The molecule has 0 radical (unpaired) electrons. The summed E-state index contributed by atoms with van der Waals surface area (Å²) in [5, 5.41) is 2.23. The Morgan fingerprint density at radius 1 is 1.35 bits per heavy atom. The third kappa shape index (κ3) is 11.1. The van der Waals surface area contributed by atoms with E-state index in [1.165, 1.54) is 0 Å². The minimum absolute atomic E-state index is 0.292. The molecule has 0 heterocycles. The lowest BCUT2D eigenvalue weighted by molar-refractivity contribution is -0.121. The zero-order chi connectivity index (χ0) is 13.5. The van der Waals surface area contributed by atoms with Crippen molar-refractivity contribution in [3.05, 3.63) is 0 Å². The molecule has 0 aliphatic rings. The second-order valence-electron chi connectivity index (χ2n) is 4.05. The highest BCUT2D eigenvalue weighted by Crippen LogP contribution is 2.05. The number of carbonyl (C=O) groups excluding carboxylic acids is 2. The maximum absolute atomic E-state index is 11.1. The van der Waals surface area contributed by atoms with Crippen LogP contribution in [0.4, 0.5) is 4.79 Å². The fourth-order valence-electron chi connectivity index (χ4n) is 0.707. The van der Waals surface area contributed by atoms with Crippen LogP contribution in [0.5, 0.6) is 0 Å². The smallest absolute Gasteiger partial charge is 0.408 e. The van der Waals surface area contributed by atoms with Crippen LogP contribution >= 0.6 is 0 Å². The van der Waals surface area contributed by atoms with Crippen LogP contribution in [0, 0.1) is 0 Å². The van der Waals surface area contributed by atoms with Crippen molar-refractivity contribution in [3.8, 4) is 0 Å². The van der Waals surface area contributed by atoms with E-state index >= 15 is 0 Å². The van der Waals surface area contributed by atoms with Crippen LogP contribution in [0.25, 0.3) is 0 Å². The Kier molecular flexibility index (Phi) is 6.69. The molecule has 1 unspecified atom stereocenters. The highest BCUT2D eigenvalue weighted by atomic mass is 32.2. The van der Waals surface area contributed by atoms with Gasteiger partial charge in [0, 0.05) is 0 Å². The van der Waals surface area contributed by atoms with Crippen LogP contribution in [0.15, 0.2) is 0 Å². The summed E-state index contributed by atoms with van der Waals surface area (Å²) in [4.78, 5) is 22.2. The monoisotopic (exact) mass is 267 g/mol. The molecule has 0 rings (SSSR count). The average Bonchev–Trinajstić information content (AvgIpc) is 2.11. The molecule has 0 fully saturated rings. The number of hydrogen-bond donors (Lipinski definition) is 4. The van der Waals surface area contributed by atoms with Gasteiger partial charge in [-0.05, 0) is 20.8 Å². The van der Waals surface area contributed by atoms with Crippen molar-refractivity contribution in [1.82, 2.24) is 16.2 Å². The van der Waals surface area contributed by atoms with Crippen molar-refractivity contribution < 1.29 is 23.1 Å². The number of amides is 2. The first-order valence-corrected chi connectivity index (χ1v) is 6.04. The van der Waals surface area contributed by atoms with Gasteiger partial charge in [0.1, 0.15) is 18.0 Å². The molecule has 0 aliphatic carbocycles. The largest absolute Gasteiger partial charge is 0.444 e. The summed E-state index contributed by atoms with van der Waals surface area (Å²) in [6, 6.07) is 0. The predicted octanol–water partition coefficient (Wildman–Crippen LogP) is -0.689. The molecule has 0 bridgehead atoms. The molecule has 100 valence electrons. The number of rotatable bonds is 5. The molecule has 0 spiro atoms. The number of hydrogen-bond acceptors (Lipinski definition) is 5. The summed E-state index contributed by atoms with van der Waals surface area (Å²) in [5.41, 5.74) is 3.70. The van der Waals surface area contributed by atoms with Crippen molar-refractivity contribution in [1.29, 1.82) is 0 Å². The van der Waals surface area contributed by atoms with Gasteiger partial charge in [0.05, 0.1) is 0 Å². The quantitative estimate of drug-likeness (QED) is 0.387. The van der Waals surface area contributed by atoms with Crippen LogP contribution in [0.3, 0.4) is 0 Å². The molecule has 0 aromatic heterocycles. The molecule has 17 heavy (non-hydrogen) atoms. The van der Waals surface area contributed by atoms with Gasteiger partial charge in [0.25, 0.3) is 5.91 Å². The zero-order valence-corrected chi connectivity index (χ0v) is 10.7. The van der Waals surface area contributed by atoms with E-state index in [0.717, 1.165) is 0 Å². The van der Waals surface area contributed by atoms with Gasteiger partial charge < -0.3 is 14.6 Å². The van der Waals surface area contributed by atoms with Crippen molar-refractivity contribution in [2.24, 2.45) is 0 Å². The minimum atomic E-state index is -2.05. The lowest BCUT2D eigenvalue weighted by Gasteiger charge is -2.19. The molecule has 9 heteroatoms. The van der Waals surface area contributed by atoms with Crippen molar-refractivity contribution in [2.75, 3.05) is 12.4 Å². The molecule has 0 aromatic rings. The fourth-order valence-corrected chi connectivity index (χ4v) is 0.903. The first-order valence-electron chi connectivity index (χ1n) is 4.77. The topological polar surface area (TPSA) is 117 Å². The van der Waals surface area contributed by atoms with E-state index < -0.39 is 28.7 Å². The summed E-state index contributed by atoms with van der Waals surface area (Å²) in [7, 11) is 0. The normalized spacial score (nSPS) is 12.7. The SMILES string of the molecule is CC(C)(C)OC(=O)NCC(=O)NNCS(=O)O. The summed E-state index contributed by atoms with van der Waals surface area (Å²) < 4.78 is 23.5. The van der Waals surface area contributed by atoms with Crippen molar-refractivity contribution >= 4 is 23.1 Å². The first-order chi connectivity index (χ1) is 7.70. The second-order valence-corrected chi connectivity index (χ2v) is 4.98. The maximum atomic E-state index is 11.1. The van der Waals surface area contributed by atoms with Crippen LogP contribution in [-0.2, 0) is 20.6 Å². The molecule has 0 saturated carbocycles. The second kappa shape index (κ2) is 7.20. The Morgan fingerprint density at radius 3 is 2.41 bits per heavy atom. The van der Waals surface area contributed by atoms with E-state index in [-0.39, 0.29) is 12.4 Å². The molecule has 8 nitrogen and oxygen atoms in total. The van der Waals surface area contributed by atoms with Crippen LogP contribution in [0.1, 0.15) is 20.8 Å². The van der Waals surface area contributed by atoms with Gasteiger partial charge in [-0.25, -0.2) is 14.4 Å². The molecular formula is C8H17N3O5S. The lowest BCUT2D eigenvalue weighted by atomic mass is 10.2. The van der Waals surface area contributed by atoms with E-state index in [9.17, 15) is 13.8 Å². The molecule has 0 saturated heterocycles. The Labute approximate surface area is 102 Å². The van der Waals surface area contributed by atoms with Crippen LogP contribution < -0.4 is 16.2 Å². The van der Waals surface area contributed by atoms with Crippen LogP contribution in [-0.4, -0.2) is 38.8 Å². The van der Waals surface area contributed by atoms with E-state index in [0.29, 0.717) is 0 Å². The summed E-state index contributed by atoms with van der Waals surface area (Å²) in [6.07, 6.45) is -0.710. The molecule has 0 aromatic carbocycles. The standard InChI is InChI=1S/C8H17N3O5S/c1-8(2,3)16-7(13)9-4-6(12)11-10-5-17(14)15/h10H,4-5H2,1-3H3,(H,9,13)(H,11,12)(H,14,15). The first kappa shape index (κ1) is 15.8. The van der Waals surface area contributed by atoms with Gasteiger partial charge in [0.15, 0.2) is 11.1 Å². The van der Waals surface area contributed by atoms with Gasteiger partial charge in [-0.3, -0.25) is 10.2 Å². The van der Waals surface area contributed by atoms with E-state index in [2.05, 4.69) is 16.2 Å². The van der Waals surface area contributed by atoms with Gasteiger partial charge in [-0.15, -0.1) is 0 Å². The Morgan fingerprint density at radius 2 is 1.94 bits per heavy atom. The van der Waals surface area contributed by atoms with E-state index in [1.54, 1.807) is 20.8 Å². The number of alkyl carbamates (subject to hydrolysis) is 1. The summed E-state index contributed by atoms with van der Waals surface area (Å²) in [6.45, 7) is 4.81. The molecule has 0 aliphatic heterocycles. The van der Waals surface area contributed by atoms with E-state index in [4.69, 9.17) is 9.29 Å². The summed E-state index contributed by atoms with van der Waals surface area (Å²) >= 11 is -2.05. The van der Waals surface area contributed by atoms with Gasteiger partial charge in [-0.2, -0.15) is 0 Å². The fraction of sp³-hybridized carbons (Fsp3) is 0.750. The third-order valence-electron chi connectivity index (χ3n) is 1.22. The summed E-state index contributed by atoms with van der Waals surface area (Å²) in [5.74, 6) is -0.848. The average molecular weight is 267 g/mol. The number of carbonyl (C=O) groups is 2. The van der Waals surface area contributed by atoms with Gasteiger partial charge in [-0.1, -0.05) is 0 Å². The van der Waals surface area contributed by atoms with Crippen molar-refractivity contribution in [3.63, 3.8) is 0 Å².